The van der Waals surface area contributed by atoms with Crippen LogP contribution in [0.5, 0.6) is 0 Å². The summed E-state index contributed by atoms with van der Waals surface area (Å²) in [5.41, 5.74) is 2.33. The summed E-state index contributed by atoms with van der Waals surface area (Å²) >= 11 is 0. The normalized spacial score (nSPS) is 13.3. The van der Waals surface area contributed by atoms with Gasteiger partial charge in [-0.15, -0.1) is 0 Å². The van der Waals surface area contributed by atoms with Gasteiger partial charge < -0.3 is 17.1 Å². The third-order valence-corrected chi connectivity index (χ3v) is 12.7. The van der Waals surface area contributed by atoms with Crippen molar-refractivity contribution in [2.75, 3.05) is 6.61 Å². The molecule has 0 aromatic rings. The molecule has 0 fully saturated rings. The first kappa shape index (κ1) is 22.0. The molecule has 0 aliphatic carbocycles. The standard InChI is InChI=1S/C13H32O5Si4/c1-9-10-15-13(14)12(2)11-22(16-19(3)4,17-20(5)6)18-21(7)8/h11,19-21H,9-10H2,1-8H3. The maximum Gasteiger partial charge on any atom is 0.498 e. The fourth-order valence-corrected chi connectivity index (χ4v) is 13.3. The van der Waals surface area contributed by atoms with E-state index in [0.717, 1.165) is 6.42 Å². The van der Waals surface area contributed by atoms with Gasteiger partial charge in [0, 0.05) is 5.57 Å². The van der Waals surface area contributed by atoms with Gasteiger partial charge in [0.1, 0.15) is 0 Å². The van der Waals surface area contributed by atoms with Crippen LogP contribution < -0.4 is 0 Å². The van der Waals surface area contributed by atoms with Gasteiger partial charge in [0.05, 0.1) is 6.61 Å². The number of rotatable bonds is 10. The van der Waals surface area contributed by atoms with E-state index in [2.05, 4.69) is 39.3 Å². The average Bonchev–Trinajstić information content (AvgIpc) is 2.32. The topological polar surface area (TPSA) is 54.0 Å². The lowest BCUT2D eigenvalue weighted by Gasteiger charge is -2.33. The third kappa shape index (κ3) is 9.18. The van der Waals surface area contributed by atoms with Crippen molar-refractivity contribution >= 4 is 41.9 Å². The quantitative estimate of drug-likeness (QED) is 0.331. The molecule has 0 heterocycles. The van der Waals surface area contributed by atoms with Crippen LogP contribution in [0.15, 0.2) is 11.3 Å². The molecule has 0 rings (SSSR count). The highest BCUT2D eigenvalue weighted by Crippen LogP contribution is 2.19. The molecule has 0 aromatic heterocycles. The number of carbonyl (C=O) groups is 1. The minimum absolute atomic E-state index is 0.309. The van der Waals surface area contributed by atoms with Gasteiger partial charge in [-0.3, -0.25) is 0 Å². The van der Waals surface area contributed by atoms with E-state index in [1.807, 2.05) is 6.92 Å². The highest BCUT2D eigenvalue weighted by atomic mass is 28.5. The molecule has 0 aromatic carbocycles. The van der Waals surface area contributed by atoms with Gasteiger partial charge >= 0.3 is 14.8 Å². The van der Waals surface area contributed by atoms with E-state index in [1.54, 1.807) is 12.6 Å². The van der Waals surface area contributed by atoms with Crippen molar-refractivity contribution in [3.8, 4) is 0 Å². The minimum Gasteiger partial charge on any atom is -0.462 e. The predicted molar refractivity (Wildman–Crippen MR) is 101 cm³/mol. The van der Waals surface area contributed by atoms with Crippen LogP contribution in [0.25, 0.3) is 0 Å². The largest absolute Gasteiger partial charge is 0.498 e. The lowest BCUT2D eigenvalue weighted by atomic mass is 10.4. The van der Waals surface area contributed by atoms with Crippen molar-refractivity contribution < 1.29 is 21.9 Å². The summed E-state index contributed by atoms with van der Waals surface area (Å²) in [5, 5.41) is 0. The van der Waals surface area contributed by atoms with E-state index in [1.165, 1.54) is 0 Å². The van der Waals surface area contributed by atoms with Gasteiger partial charge in [-0.1, -0.05) is 6.92 Å². The molecule has 5 nitrogen and oxygen atoms in total. The molecular formula is C13H32O5Si4. The van der Waals surface area contributed by atoms with Crippen molar-refractivity contribution in [3.63, 3.8) is 0 Å². The summed E-state index contributed by atoms with van der Waals surface area (Å²) in [6.45, 7) is 16.7. The van der Waals surface area contributed by atoms with Crippen LogP contribution in [-0.2, 0) is 21.9 Å². The van der Waals surface area contributed by atoms with Gasteiger partial charge in [0.2, 0.25) is 0 Å². The summed E-state index contributed by atoms with van der Waals surface area (Å²) in [5.74, 6) is -0.309. The van der Waals surface area contributed by atoms with Crippen LogP contribution in [-0.4, -0.2) is 48.5 Å². The van der Waals surface area contributed by atoms with Crippen LogP contribution in [0.4, 0.5) is 0 Å². The van der Waals surface area contributed by atoms with E-state index < -0.39 is 35.9 Å². The lowest BCUT2D eigenvalue weighted by Crippen LogP contribution is -2.52. The van der Waals surface area contributed by atoms with Gasteiger partial charge in [-0.25, -0.2) is 4.79 Å². The molecule has 0 unspecified atom stereocenters. The summed E-state index contributed by atoms with van der Waals surface area (Å²) in [6.07, 6.45) is 0.807. The second kappa shape index (κ2) is 10.7. The van der Waals surface area contributed by atoms with Gasteiger partial charge in [0.15, 0.2) is 27.1 Å². The summed E-state index contributed by atoms with van der Waals surface area (Å²) in [7, 11) is -7.03. The number of hydrogen-bond acceptors (Lipinski definition) is 5. The van der Waals surface area contributed by atoms with Crippen molar-refractivity contribution in [2.24, 2.45) is 0 Å². The molecule has 0 aliphatic rings. The zero-order valence-corrected chi connectivity index (χ0v) is 19.7. The Balaban J connectivity index is 5.44. The van der Waals surface area contributed by atoms with Crippen LogP contribution in [0.2, 0.25) is 39.3 Å². The molecule has 0 saturated carbocycles. The molecule has 0 bridgehead atoms. The minimum atomic E-state index is -2.93. The average molecular weight is 381 g/mol. The fourth-order valence-electron chi connectivity index (χ4n) is 1.80. The van der Waals surface area contributed by atoms with Gasteiger partial charge in [-0.2, -0.15) is 0 Å². The van der Waals surface area contributed by atoms with Crippen LogP contribution >= 0.6 is 0 Å². The molecular weight excluding hydrogens is 348 g/mol. The van der Waals surface area contributed by atoms with Gasteiger partial charge in [0.25, 0.3) is 0 Å². The molecule has 0 amide bonds. The van der Waals surface area contributed by atoms with Crippen LogP contribution in [0.3, 0.4) is 0 Å². The molecule has 0 atom stereocenters. The van der Waals surface area contributed by atoms with Gasteiger partial charge in [-0.05, 0) is 58.3 Å². The zero-order valence-electron chi connectivity index (χ0n) is 15.3. The Bertz CT molecular complexity index is 345. The SMILES string of the molecule is CCCOC(=O)C(C)=C[Si](O[SiH](C)C)(O[SiH](C)C)O[SiH](C)C. The lowest BCUT2D eigenvalue weighted by molar-refractivity contribution is -0.139. The number of esters is 1. The zero-order chi connectivity index (χ0) is 17.3. The molecule has 22 heavy (non-hydrogen) atoms. The van der Waals surface area contributed by atoms with Crippen LogP contribution in [0.1, 0.15) is 20.3 Å². The summed E-state index contributed by atoms with van der Waals surface area (Å²) < 4.78 is 23.8. The Morgan fingerprint density at radius 1 is 0.955 bits per heavy atom. The molecule has 9 heteroatoms. The maximum atomic E-state index is 12.0. The first-order valence-electron chi connectivity index (χ1n) is 8.01. The third-order valence-electron chi connectivity index (χ3n) is 2.35. The second-order valence-corrected chi connectivity index (χ2v) is 16.7. The highest BCUT2D eigenvalue weighted by Gasteiger charge is 2.41. The van der Waals surface area contributed by atoms with Crippen molar-refractivity contribution in [3.05, 3.63) is 11.3 Å². The first-order valence-corrected chi connectivity index (χ1v) is 18.2. The van der Waals surface area contributed by atoms with Crippen LogP contribution in [0, 0.1) is 0 Å². The van der Waals surface area contributed by atoms with E-state index in [4.69, 9.17) is 17.1 Å². The number of carbonyl (C=O) groups excluding carboxylic acids is 1. The number of ether oxygens (including phenoxy) is 1. The summed E-state index contributed by atoms with van der Waals surface area (Å²) in [4.78, 5) is 12.0. The fraction of sp³-hybridized carbons (Fsp3) is 0.769. The smallest absolute Gasteiger partial charge is 0.462 e. The Labute approximate surface area is 141 Å². The van der Waals surface area contributed by atoms with Crippen molar-refractivity contribution in [1.82, 2.24) is 0 Å². The predicted octanol–water partition coefficient (Wildman–Crippen LogP) is 2.36. The van der Waals surface area contributed by atoms with E-state index in [-0.39, 0.29) is 5.97 Å². The Hall–Kier alpha value is -0.0425. The molecule has 0 aliphatic heterocycles. The molecule has 0 saturated heterocycles. The van der Waals surface area contributed by atoms with E-state index in [9.17, 15) is 4.79 Å². The number of hydrogen-bond donors (Lipinski definition) is 0. The Morgan fingerprint density at radius 2 is 1.36 bits per heavy atom. The molecule has 0 N–H and O–H groups in total. The summed E-state index contributed by atoms with van der Waals surface area (Å²) in [6, 6.07) is 0. The highest BCUT2D eigenvalue weighted by molar-refractivity contribution is 6.83. The van der Waals surface area contributed by atoms with Crippen molar-refractivity contribution in [2.45, 2.75) is 59.6 Å². The maximum absolute atomic E-state index is 12.0. The molecule has 130 valence electrons. The van der Waals surface area contributed by atoms with E-state index >= 15 is 0 Å². The Kier molecular flexibility index (Phi) is 10.7. The molecule has 0 radical (unpaired) electrons. The van der Waals surface area contributed by atoms with E-state index in [0.29, 0.717) is 12.2 Å². The Morgan fingerprint density at radius 3 is 1.68 bits per heavy atom. The van der Waals surface area contributed by atoms with Crippen molar-refractivity contribution in [1.29, 1.82) is 0 Å². The first-order chi connectivity index (χ1) is 10.1. The molecule has 0 spiro atoms. The second-order valence-electron chi connectivity index (χ2n) is 6.07. The monoisotopic (exact) mass is 380 g/mol.